The van der Waals surface area contributed by atoms with Gasteiger partial charge in [0.05, 0.1) is 48.5 Å². The van der Waals surface area contributed by atoms with Gasteiger partial charge in [-0.05, 0) is 55.5 Å². The van der Waals surface area contributed by atoms with Crippen molar-refractivity contribution in [1.82, 2.24) is 20.0 Å². The number of nitrogens with zero attached hydrogens (tertiary/aromatic N) is 6. The van der Waals surface area contributed by atoms with Crippen molar-refractivity contribution in [3.05, 3.63) is 112 Å². The van der Waals surface area contributed by atoms with Gasteiger partial charge in [0.1, 0.15) is 11.8 Å². The van der Waals surface area contributed by atoms with Crippen molar-refractivity contribution in [2.45, 2.75) is 50.7 Å². The molecule has 1 saturated carbocycles. The Morgan fingerprint density at radius 2 is 1.91 bits per heavy atom. The molecule has 1 aliphatic carbocycles. The number of hydrogen-bond donors (Lipinski definition) is 2. The molecule has 1 fully saturated rings. The molecule has 2 aromatic heterocycles. The molecule has 9 nitrogen and oxygen atoms in total. The number of Topliss-reactive ketones (excluding diaryl/α,β-unsaturated/α-hetero) is 1. The Morgan fingerprint density at radius 1 is 1.14 bits per heavy atom. The topological polar surface area (TPSA) is 132 Å². The van der Waals surface area contributed by atoms with Crippen LogP contribution in [0.25, 0.3) is 10.9 Å². The number of pyridine rings is 1. The van der Waals surface area contributed by atoms with Crippen molar-refractivity contribution >= 4 is 39.7 Å². The fourth-order valence-electron chi connectivity index (χ4n) is 5.26. The molecule has 2 N–H and O–H groups in total. The number of hydrogen-bond acceptors (Lipinski definition) is 8. The summed E-state index contributed by atoms with van der Waals surface area (Å²) in [6.07, 6.45) is 6.00. The summed E-state index contributed by atoms with van der Waals surface area (Å²) in [6, 6.07) is 22.9. The van der Waals surface area contributed by atoms with Gasteiger partial charge in [0.15, 0.2) is 5.78 Å². The van der Waals surface area contributed by atoms with Gasteiger partial charge in [-0.3, -0.25) is 9.78 Å². The van der Waals surface area contributed by atoms with E-state index in [1.54, 1.807) is 47.3 Å². The van der Waals surface area contributed by atoms with E-state index in [4.69, 9.17) is 11.6 Å². The van der Waals surface area contributed by atoms with Crippen molar-refractivity contribution in [2.75, 3.05) is 10.6 Å². The average Bonchev–Trinajstić information content (AvgIpc) is 3.78. The minimum absolute atomic E-state index is 0.233. The number of nitrogens with one attached hydrogen (secondary N) is 2. The molecule has 0 saturated heterocycles. The molecule has 2 heterocycles. The predicted octanol–water partition coefficient (Wildman–Crippen LogP) is 7.55. The first-order valence-corrected chi connectivity index (χ1v) is 14.7. The van der Waals surface area contributed by atoms with Gasteiger partial charge in [-0.1, -0.05) is 65.3 Å². The van der Waals surface area contributed by atoms with Crippen LogP contribution < -0.4 is 10.6 Å². The molecule has 0 bridgehead atoms. The second kappa shape index (κ2) is 12.5. The van der Waals surface area contributed by atoms with Gasteiger partial charge < -0.3 is 10.6 Å². The maximum absolute atomic E-state index is 13.0. The molecule has 3 aromatic carbocycles. The van der Waals surface area contributed by atoms with Gasteiger partial charge in [-0.2, -0.15) is 10.5 Å². The third-order valence-electron chi connectivity index (χ3n) is 7.64. The van der Waals surface area contributed by atoms with Gasteiger partial charge in [-0.15, -0.1) is 5.10 Å². The van der Waals surface area contributed by atoms with Crippen molar-refractivity contribution in [3.8, 4) is 12.1 Å². The van der Waals surface area contributed by atoms with Crippen LogP contribution in [0, 0.1) is 22.7 Å². The zero-order valence-electron chi connectivity index (χ0n) is 25.0. The minimum atomic E-state index is -1.68. The zero-order chi connectivity index (χ0) is 31.6. The Balaban J connectivity index is 1.52. The lowest BCUT2D eigenvalue weighted by Crippen LogP contribution is -2.15. The average molecular weight is 602 g/mol. The van der Waals surface area contributed by atoms with E-state index >= 15 is 0 Å². The normalized spacial score (nSPS) is 15.0. The molecule has 0 aliphatic heterocycles. The minimum Gasteiger partial charge on any atom is -0.377 e. The number of ketones is 1. The fourth-order valence-corrected chi connectivity index (χ4v) is 5.49. The number of benzene rings is 3. The van der Waals surface area contributed by atoms with Crippen LogP contribution in [0.1, 0.15) is 84.8 Å². The number of anilines is 2. The lowest BCUT2D eigenvalue weighted by Gasteiger charge is -2.23. The summed E-state index contributed by atoms with van der Waals surface area (Å²) in [6.45, 7) is 1.45. The molecular weight excluding hydrogens is 572 g/mol. The quantitative estimate of drug-likeness (QED) is 0.148. The first-order valence-electron chi connectivity index (χ1n) is 14.8. The van der Waals surface area contributed by atoms with Crippen LogP contribution in [0.4, 0.5) is 11.4 Å². The Kier molecular flexibility index (Phi) is 7.86. The second-order valence-electron chi connectivity index (χ2n) is 10.7. The van der Waals surface area contributed by atoms with Crippen LogP contribution >= 0.6 is 11.6 Å². The number of nitriles is 2. The van der Waals surface area contributed by atoms with E-state index in [-0.39, 0.29) is 23.4 Å². The van der Waals surface area contributed by atoms with Crippen LogP contribution in [-0.4, -0.2) is 25.8 Å². The maximum atomic E-state index is 13.0. The smallest absolute Gasteiger partial charge is 0.162 e. The molecule has 0 radical (unpaired) electrons. The highest BCUT2D eigenvalue weighted by Gasteiger charge is 2.28. The summed E-state index contributed by atoms with van der Waals surface area (Å²) in [7, 11) is 0. The second-order valence-corrected chi connectivity index (χ2v) is 11.1. The first kappa shape index (κ1) is 27.6. The van der Waals surface area contributed by atoms with E-state index in [0.717, 1.165) is 18.4 Å². The number of fused-ring (bicyclic) bond motifs is 1. The van der Waals surface area contributed by atoms with Crippen molar-refractivity contribution in [3.63, 3.8) is 0 Å². The molecule has 1 unspecified atom stereocenters. The third kappa shape index (κ3) is 5.96. The molecular formula is C34H29ClN8O. The van der Waals surface area contributed by atoms with Gasteiger partial charge in [0.25, 0.3) is 0 Å². The van der Waals surface area contributed by atoms with Crippen molar-refractivity contribution in [1.29, 1.82) is 10.5 Å². The number of halogens is 1. The lowest BCUT2D eigenvalue weighted by molar-refractivity contribution is 0.101. The van der Waals surface area contributed by atoms with E-state index in [1.165, 1.54) is 13.1 Å². The van der Waals surface area contributed by atoms with Gasteiger partial charge in [0.2, 0.25) is 0 Å². The van der Waals surface area contributed by atoms with Crippen LogP contribution in [0.2, 0.25) is 5.02 Å². The van der Waals surface area contributed by atoms with Crippen LogP contribution in [-0.2, 0) is 0 Å². The van der Waals surface area contributed by atoms with Crippen LogP contribution in [0.3, 0.4) is 0 Å². The molecule has 2 atom stereocenters. The van der Waals surface area contributed by atoms with E-state index < -0.39 is 6.02 Å². The first-order chi connectivity index (χ1) is 21.8. The monoisotopic (exact) mass is 601 g/mol. The summed E-state index contributed by atoms with van der Waals surface area (Å²) < 4.78 is 11.5. The van der Waals surface area contributed by atoms with E-state index in [0.29, 0.717) is 57.0 Å². The number of carbonyl (C=O) groups is 1. The van der Waals surface area contributed by atoms with Gasteiger partial charge in [0, 0.05) is 34.3 Å². The van der Waals surface area contributed by atoms with Crippen molar-refractivity contribution < 1.29 is 6.17 Å². The summed E-state index contributed by atoms with van der Waals surface area (Å²) in [5, 5.41) is 35.8. The highest BCUT2D eigenvalue weighted by atomic mass is 35.5. The largest absolute Gasteiger partial charge is 0.377 e. The molecule has 1 aliphatic rings. The SMILES string of the molecule is [2H]C(Nc1cc(C(C)=O)c2ncc(C#N)c(N[C@H](CCC#N)c3ccccc3)c2c1)(c1cn(C2CC2)nn1)c1ccccc1Cl. The Morgan fingerprint density at radius 3 is 2.61 bits per heavy atom. The number of aromatic nitrogens is 4. The molecule has 10 heteroatoms. The fraction of sp³-hybridized carbons (Fsp3) is 0.235. The summed E-state index contributed by atoms with van der Waals surface area (Å²) in [4.78, 5) is 17.5. The number of carbonyl (C=O) groups excluding carboxylic acids is 1. The van der Waals surface area contributed by atoms with Crippen LogP contribution in [0.5, 0.6) is 0 Å². The predicted molar refractivity (Wildman–Crippen MR) is 169 cm³/mol. The highest BCUT2D eigenvalue weighted by Crippen LogP contribution is 2.38. The molecule has 44 heavy (non-hydrogen) atoms. The molecule has 0 spiro atoms. The molecule has 5 aromatic rings. The molecule has 0 amide bonds. The van der Waals surface area contributed by atoms with Gasteiger partial charge in [-0.25, -0.2) is 4.68 Å². The van der Waals surface area contributed by atoms with Crippen LogP contribution in [0.15, 0.2) is 79.1 Å². The summed E-state index contributed by atoms with van der Waals surface area (Å²) in [5.41, 5.74) is 3.67. The summed E-state index contributed by atoms with van der Waals surface area (Å²) >= 11 is 6.66. The van der Waals surface area contributed by atoms with Gasteiger partial charge >= 0.3 is 0 Å². The van der Waals surface area contributed by atoms with E-state index in [1.807, 2.05) is 30.3 Å². The molecule has 218 valence electrons. The lowest BCUT2D eigenvalue weighted by atomic mass is 9.98. The summed E-state index contributed by atoms with van der Waals surface area (Å²) in [5.74, 6) is -0.233. The van der Waals surface area contributed by atoms with E-state index in [2.05, 4.69) is 38.1 Å². The molecule has 6 rings (SSSR count). The number of rotatable bonds is 11. The maximum Gasteiger partial charge on any atom is 0.162 e. The Hall–Kier alpha value is -5.25. The highest BCUT2D eigenvalue weighted by molar-refractivity contribution is 6.31. The van der Waals surface area contributed by atoms with Crippen molar-refractivity contribution in [2.24, 2.45) is 0 Å². The Labute approximate surface area is 261 Å². The van der Waals surface area contributed by atoms with E-state index in [9.17, 15) is 16.7 Å². The zero-order valence-corrected chi connectivity index (χ0v) is 24.7. The Bertz CT molecular complexity index is 1980. The standard InChI is InChI=1S/C34H29ClN8O/c1-21(44)27-16-24(39-34(26-10-5-6-11-29(26)35)31-20-43(42-41-31)25-13-14-25)17-28-32(23(18-37)19-38-33(27)28)40-30(12-7-15-36)22-8-3-2-4-9-22/h2-6,8-11,16-17,19-20,25,30,34,39H,7,12-14H2,1H3,(H,38,40)/t30-,34?/m1/s1/i34D. The third-order valence-corrected chi connectivity index (χ3v) is 7.97.